The number of hydrogen-bond donors (Lipinski definition) is 3. The molecule has 15 heavy (non-hydrogen) atoms. The van der Waals surface area contributed by atoms with Gasteiger partial charge in [-0.25, -0.2) is 4.98 Å². The van der Waals surface area contributed by atoms with E-state index in [0.717, 1.165) is 5.56 Å². The highest BCUT2D eigenvalue weighted by atomic mass is 32.2. The molecule has 3 N–H and O–H groups in total. The molecule has 0 aliphatic heterocycles. The average Bonchev–Trinajstić information content (AvgIpc) is 2.62. The number of fused-ring (bicyclic) bond motifs is 1. The Bertz CT molecular complexity index is 532. The summed E-state index contributed by atoms with van der Waals surface area (Å²) in [5, 5.41) is 9.97. The summed E-state index contributed by atoms with van der Waals surface area (Å²) in [7, 11) is 0. The number of aliphatic hydroxyl groups excluding tert-OH is 1. The zero-order valence-corrected chi connectivity index (χ0v) is 9.02. The summed E-state index contributed by atoms with van der Waals surface area (Å²) in [6.45, 7) is 0.0245. The maximum absolute atomic E-state index is 11.7. The second-order valence-corrected chi connectivity index (χ2v) is 3.88. The van der Waals surface area contributed by atoms with E-state index in [1.165, 1.54) is 11.8 Å². The van der Waals surface area contributed by atoms with Crippen LogP contribution in [0.1, 0.15) is 5.56 Å². The third-order valence-electron chi connectivity index (χ3n) is 2.18. The minimum absolute atomic E-state index is 0.0245. The molecule has 0 saturated heterocycles. The number of aromatic amines is 2. The molecule has 0 saturated carbocycles. The van der Waals surface area contributed by atoms with Gasteiger partial charge in [0, 0.05) is 12.8 Å². The van der Waals surface area contributed by atoms with Crippen LogP contribution in [0, 0.1) is 0 Å². The van der Waals surface area contributed by atoms with Gasteiger partial charge in [0.25, 0.3) is 5.56 Å². The lowest BCUT2D eigenvalue weighted by Gasteiger charge is -1.97. The number of H-pyrrole nitrogens is 2. The van der Waals surface area contributed by atoms with E-state index in [1.807, 2.05) is 6.26 Å². The van der Waals surface area contributed by atoms with E-state index >= 15 is 0 Å². The summed E-state index contributed by atoms with van der Waals surface area (Å²) in [4.78, 5) is 21.5. The lowest BCUT2D eigenvalue weighted by Crippen LogP contribution is -2.09. The summed E-state index contributed by atoms with van der Waals surface area (Å²) in [5.74, 6) is 0. The van der Waals surface area contributed by atoms with E-state index in [0.29, 0.717) is 22.6 Å². The second-order valence-electron chi connectivity index (χ2n) is 3.09. The fourth-order valence-corrected chi connectivity index (χ4v) is 1.87. The molecule has 5 nitrogen and oxygen atoms in total. The first kappa shape index (κ1) is 10.3. The summed E-state index contributed by atoms with van der Waals surface area (Å²) < 4.78 is 0. The minimum atomic E-state index is -0.158. The van der Waals surface area contributed by atoms with Gasteiger partial charge in [0.05, 0.1) is 5.39 Å². The van der Waals surface area contributed by atoms with E-state index in [9.17, 15) is 4.79 Å². The number of nitrogens with zero attached hydrogens (tertiary/aromatic N) is 1. The van der Waals surface area contributed by atoms with Gasteiger partial charge in [-0.05, 0) is 18.2 Å². The van der Waals surface area contributed by atoms with Crippen LogP contribution < -0.4 is 5.56 Å². The molecule has 6 heteroatoms. The van der Waals surface area contributed by atoms with Crippen LogP contribution in [0.3, 0.4) is 0 Å². The molecular formula is C9H11N3O2S. The summed E-state index contributed by atoms with van der Waals surface area (Å²) in [6.07, 6.45) is 4.03. The first-order valence-electron chi connectivity index (χ1n) is 4.51. The fraction of sp³-hybridized carbons (Fsp3) is 0.333. The largest absolute Gasteiger partial charge is 0.396 e. The molecule has 0 atom stereocenters. The highest BCUT2D eigenvalue weighted by molar-refractivity contribution is 7.98. The van der Waals surface area contributed by atoms with E-state index in [-0.39, 0.29) is 12.2 Å². The van der Waals surface area contributed by atoms with E-state index < -0.39 is 0 Å². The summed E-state index contributed by atoms with van der Waals surface area (Å²) in [6, 6.07) is 0. The Balaban J connectivity index is 2.66. The van der Waals surface area contributed by atoms with Gasteiger partial charge in [-0.3, -0.25) is 4.79 Å². The highest BCUT2D eigenvalue weighted by Crippen LogP contribution is 2.15. The quantitative estimate of drug-likeness (QED) is 0.525. The van der Waals surface area contributed by atoms with Crippen LogP contribution in [0.5, 0.6) is 0 Å². The fourth-order valence-electron chi connectivity index (χ4n) is 1.50. The van der Waals surface area contributed by atoms with Crippen molar-refractivity contribution in [2.24, 2.45) is 0 Å². The van der Waals surface area contributed by atoms with Crippen molar-refractivity contribution in [2.75, 3.05) is 12.9 Å². The van der Waals surface area contributed by atoms with Gasteiger partial charge in [0.15, 0.2) is 5.16 Å². The van der Waals surface area contributed by atoms with Crippen molar-refractivity contribution in [1.29, 1.82) is 0 Å². The molecule has 2 rings (SSSR count). The number of rotatable bonds is 3. The van der Waals surface area contributed by atoms with Crippen LogP contribution in [0.25, 0.3) is 11.0 Å². The molecule has 0 aliphatic rings. The molecule has 80 valence electrons. The molecule has 0 radical (unpaired) electrons. The van der Waals surface area contributed by atoms with E-state index in [2.05, 4.69) is 15.0 Å². The summed E-state index contributed by atoms with van der Waals surface area (Å²) in [5.41, 5.74) is 1.22. The number of hydrogen-bond acceptors (Lipinski definition) is 4. The Morgan fingerprint density at radius 2 is 2.40 bits per heavy atom. The molecule has 2 aromatic rings. The molecule has 0 bridgehead atoms. The molecule has 2 heterocycles. The van der Waals surface area contributed by atoms with Gasteiger partial charge < -0.3 is 15.1 Å². The van der Waals surface area contributed by atoms with Crippen LogP contribution in [0.2, 0.25) is 0 Å². The predicted molar refractivity (Wildman–Crippen MR) is 59.3 cm³/mol. The zero-order chi connectivity index (χ0) is 10.8. The maximum Gasteiger partial charge on any atom is 0.261 e. The maximum atomic E-state index is 11.7. The highest BCUT2D eigenvalue weighted by Gasteiger charge is 2.09. The van der Waals surface area contributed by atoms with Gasteiger partial charge in [0.2, 0.25) is 0 Å². The predicted octanol–water partition coefficient (Wildman–Crippen LogP) is 0.508. The molecular weight excluding hydrogens is 214 g/mol. The van der Waals surface area contributed by atoms with Crippen molar-refractivity contribution in [3.8, 4) is 0 Å². The van der Waals surface area contributed by atoms with Crippen molar-refractivity contribution in [3.63, 3.8) is 0 Å². The topological polar surface area (TPSA) is 81.8 Å². The van der Waals surface area contributed by atoms with E-state index in [1.54, 1.807) is 6.20 Å². The first-order valence-corrected chi connectivity index (χ1v) is 5.74. The molecule has 0 unspecified atom stereocenters. The molecule has 2 aromatic heterocycles. The number of thioether (sulfide) groups is 1. The van der Waals surface area contributed by atoms with Gasteiger partial charge in [-0.1, -0.05) is 11.8 Å². The lowest BCUT2D eigenvalue weighted by atomic mass is 10.2. The Morgan fingerprint density at radius 1 is 1.60 bits per heavy atom. The Kier molecular flexibility index (Phi) is 2.79. The Morgan fingerprint density at radius 3 is 3.07 bits per heavy atom. The van der Waals surface area contributed by atoms with Crippen molar-refractivity contribution in [1.82, 2.24) is 15.0 Å². The Labute approximate surface area is 89.9 Å². The molecule has 0 aromatic carbocycles. The third-order valence-corrected chi connectivity index (χ3v) is 2.76. The van der Waals surface area contributed by atoms with Gasteiger partial charge in [-0.2, -0.15) is 0 Å². The van der Waals surface area contributed by atoms with Crippen LogP contribution >= 0.6 is 11.8 Å². The second kappa shape index (κ2) is 4.08. The van der Waals surface area contributed by atoms with Crippen LogP contribution in [-0.2, 0) is 6.42 Å². The molecule has 0 amide bonds. The van der Waals surface area contributed by atoms with Crippen LogP contribution in [0.15, 0.2) is 16.1 Å². The van der Waals surface area contributed by atoms with Crippen molar-refractivity contribution in [2.45, 2.75) is 11.6 Å². The molecule has 0 spiro atoms. The minimum Gasteiger partial charge on any atom is -0.396 e. The number of nitrogens with one attached hydrogen (secondary N) is 2. The third kappa shape index (κ3) is 1.78. The molecule has 0 aliphatic carbocycles. The van der Waals surface area contributed by atoms with Gasteiger partial charge in [0.1, 0.15) is 5.65 Å². The average molecular weight is 225 g/mol. The molecule has 0 fully saturated rings. The zero-order valence-electron chi connectivity index (χ0n) is 8.20. The monoisotopic (exact) mass is 225 g/mol. The lowest BCUT2D eigenvalue weighted by molar-refractivity contribution is 0.300. The van der Waals surface area contributed by atoms with E-state index in [4.69, 9.17) is 5.11 Å². The van der Waals surface area contributed by atoms with Crippen molar-refractivity contribution >= 4 is 22.8 Å². The van der Waals surface area contributed by atoms with Gasteiger partial charge >= 0.3 is 0 Å². The standard InChI is InChI=1S/C9H11N3O2S/c1-15-9-11-7-6(8(14)12-9)5(2-3-13)4-10-7/h4,13H,2-3H2,1H3,(H2,10,11,12,14). The van der Waals surface area contributed by atoms with Crippen LogP contribution in [0.4, 0.5) is 0 Å². The number of aromatic nitrogens is 3. The van der Waals surface area contributed by atoms with Crippen molar-refractivity contribution in [3.05, 3.63) is 22.1 Å². The van der Waals surface area contributed by atoms with Crippen molar-refractivity contribution < 1.29 is 5.11 Å². The van der Waals surface area contributed by atoms with Crippen LogP contribution in [-0.4, -0.2) is 32.9 Å². The summed E-state index contributed by atoms with van der Waals surface area (Å²) >= 11 is 1.38. The smallest absolute Gasteiger partial charge is 0.261 e. The van der Waals surface area contributed by atoms with Gasteiger partial charge in [-0.15, -0.1) is 0 Å². The SMILES string of the molecule is CSc1nc2[nH]cc(CCO)c2c(=O)[nH]1. The first-order chi connectivity index (χ1) is 7.26. The normalized spacial score (nSPS) is 11.1. The number of aliphatic hydroxyl groups is 1. The Hall–Kier alpha value is -1.27.